The predicted octanol–water partition coefficient (Wildman–Crippen LogP) is 5.15. The summed E-state index contributed by atoms with van der Waals surface area (Å²) in [6, 6.07) is 9.73. The molecule has 1 aromatic carbocycles. The molecule has 1 aromatic rings. The number of ketones is 1. The van der Waals surface area contributed by atoms with E-state index in [2.05, 4.69) is 11.1 Å². The number of aliphatic imine (C=N–C) groups is 1. The molecule has 0 radical (unpaired) electrons. The van der Waals surface area contributed by atoms with Gasteiger partial charge in [-0.15, -0.1) is 11.8 Å². The molecule has 0 spiro atoms. The summed E-state index contributed by atoms with van der Waals surface area (Å²) < 4.78 is 0. The lowest BCUT2D eigenvalue weighted by Crippen LogP contribution is -2.28. The third-order valence-corrected chi connectivity index (χ3v) is 5.24. The highest BCUT2D eigenvalue weighted by molar-refractivity contribution is 8.14. The number of halogens is 1. The van der Waals surface area contributed by atoms with E-state index in [1.54, 1.807) is 6.07 Å². The van der Waals surface area contributed by atoms with Crippen LogP contribution in [0.3, 0.4) is 0 Å². The Morgan fingerprint density at radius 1 is 1.46 bits per heavy atom. The highest BCUT2D eigenvalue weighted by Gasteiger charge is 2.38. The molecule has 2 rings (SSSR count). The van der Waals surface area contributed by atoms with E-state index in [-0.39, 0.29) is 11.7 Å². The molecular weight excluding hydrogens is 340 g/mol. The van der Waals surface area contributed by atoms with Gasteiger partial charge in [0.15, 0.2) is 5.78 Å². The van der Waals surface area contributed by atoms with Gasteiger partial charge < -0.3 is 0 Å². The summed E-state index contributed by atoms with van der Waals surface area (Å²) in [6.07, 6.45) is 3.98. The molecular formula is C19H19ClN2OS. The number of hydrogen-bond donors (Lipinski definition) is 0. The number of rotatable bonds is 4. The van der Waals surface area contributed by atoms with E-state index in [4.69, 9.17) is 11.6 Å². The van der Waals surface area contributed by atoms with Crippen molar-refractivity contribution in [1.82, 2.24) is 0 Å². The van der Waals surface area contributed by atoms with Crippen molar-refractivity contribution in [2.45, 2.75) is 26.7 Å². The monoisotopic (exact) mass is 358 g/mol. The van der Waals surface area contributed by atoms with Gasteiger partial charge in [-0.3, -0.25) is 4.79 Å². The molecule has 1 heterocycles. The molecule has 1 aliphatic heterocycles. The number of allylic oxidation sites excluding steroid dienone is 3. The molecule has 24 heavy (non-hydrogen) atoms. The number of nitriles is 1. The lowest BCUT2D eigenvalue weighted by atomic mass is 9.77. The summed E-state index contributed by atoms with van der Waals surface area (Å²) in [5.74, 6) is -0.223. The van der Waals surface area contributed by atoms with Crippen LogP contribution in [0.5, 0.6) is 0 Å². The number of benzene rings is 1. The smallest absolute Gasteiger partial charge is 0.158 e. The van der Waals surface area contributed by atoms with Gasteiger partial charge in [-0.2, -0.15) is 5.26 Å². The molecule has 5 heteroatoms. The van der Waals surface area contributed by atoms with Gasteiger partial charge in [-0.25, -0.2) is 4.99 Å². The zero-order chi connectivity index (χ0) is 17.7. The molecule has 0 aromatic heterocycles. The molecule has 0 N–H and O–H groups in total. The Labute approximate surface area is 152 Å². The summed E-state index contributed by atoms with van der Waals surface area (Å²) in [6.45, 7) is 5.30. The van der Waals surface area contributed by atoms with Crippen molar-refractivity contribution >= 4 is 34.2 Å². The van der Waals surface area contributed by atoms with E-state index in [0.29, 0.717) is 16.3 Å². The van der Waals surface area contributed by atoms with Gasteiger partial charge in [-0.05, 0) is 32.4 Å². The van der Waals surface area contributed by atoms with Crippen LogP contribution in [0.2, 0.25) is 5.02 Å². The highest BCUT2D eigenvalue weighted by Crippen LogP contribution is 2.43. The van der Waals surface area contributed by atoms with Gasteiger partial charge in [0.05, 0.1) is 11.1 Å². The van der Waals surface area contributed by atoms with Gasteiger partial charge in [-0.1, -0.05) is 42.0 Å². The van der Waals surface area contributed by atoms with Crippen LogP contribution in [0.1, 0.15) is 32.3 Å². The third-order valence-electron chi connectivity index (χ3n) is 3.90. The summed E-state index contributed by atoms with van der Waals surface area (Å²) in [4.78, 5) is 16.8. The quantitative estimate of drug-likeness (QED) is 0.699. The van der Waals surface area contributed by atoms with E-state index < -0.39 is 5.92 Å². The van der Waals surface area contributed by atoms with Gasteiger partial charge in [0.1, 0.15) is 5.92 Å². The SMILES string of the molecule is C/C=C/CSC1=NC(C)=C(C(C)=O)[C@@H](c2ccccc2Cl)C1C#N. The molecule has 0 bridgehead atoms. The first-order chi connectivity index (χ1) is 11.5. The Kier molecular flexibility index (Phi) is 6.42. The van der Waals surface area contributed by atoms with E-state index >= 15 is 0 Å². The summed E-state index contributed by atoms with van der Waals surface area (Å²) in [5, 5.41) is 11.1. The fourth-order valence-electron chi connectivity index (χ4n) is 2.85. The fourth-order valence-corrected chi connectivity index (χ4v) is 4.13. The maximum absolute atomic E-state index is 12.2. The molecule has 3 nitrogen and oxygen atoms in total. The largest absolute Gasteiger partial charge is 0.295 e. The van der Waals surface area contributed by atoms with E-state index in [9.17, 15) is 10.1 Å². The second-order valence-electron chi connectivity index (χ2n) is 5.49. The minimum absolute atomic E-state index is 0.0704. The van der Waals surface area contributed by atoms with E-state index in [1.807, 2.05) is 44.2 Å². The first-order valence-corrected chi connectivity index (χ1v) is 9.05. The number of hydrogen-bond acceptors (Lipinski definition) is 4. The van der Waals surface area contributed by atoms with Crippen LogP contribution in [-0.4, -0.2) is 16.6 Å². The number of thioether (sulfide) groups is 1. The lowest BCUT2D eigenvalue weighted by Gasteiger charge is -2.30. The van der Waals surface area contributed by atoms with E-state index in [1.165, 1.54) is 18.7 Å². The Morgan fingerprint density at radius 2 is 2.17 bits per heavy atom. The minimum atomic E-state index is -0.511. The molecule has 0 amide bonds. The molecule has 0 aliphatic carbocycles. The van der Waals surface area contributed by atoms with Crippen LogP contribution in [0.4, 0.5) is 0 Å². The van der Waals surface area contributed by atoms with Crippen molar-refractivity contribution in [2.75, 3.05) is 5.75 Å². The van der Waals surface area contributed by atoms with Crippen LogP contribution in [0, 0.1) is 17.2 Å². The number of nitrogens with zero attached hydrogens (tertiary/aromatic N) is 2. The summed E-state index contributed by atoms with van der Waals surface area (Å²) in [5.41, 5.74) is 2.04. The fraction of sp³-hybridized carbons (Fsp3) is 0.316. The second-order valence-corrected chi connectivity index (χ2v) is 6.94. The average molecular weight is 359 g/mol. The van der Waals surface area contributed by atoms with E-state index in [0.717, 1.165) is 16.4 Å². The Balaban J connectivity index is 2.57. The number of carbonyl (C=O) groups is 1. The maximum atomic E-state index is 12.2. The standard InChI is InChI=1S/C19H19ClN2OS/c1-4-5-10-24-19-15(11-21)18(14-8-6-7-9-16(14)20)17(13(3)23)12(2)22-19/h4-9,15,18H,10H2,1-3H3/b5-4+/t15?,18-/m0/s1. The maximum Gasteiger partial charge on any atom is 0.158 e. The van der Waals surface area contributed by atoms with Crippen LogP contribution in [-0.2, 0) is 4.79 Å². The van der Waals surface area contributed by atoms with Crippen LogP contribution >= 0.6 is 23.4 Å². The first-order valence-electron chi connectivity index (χ1n) is 7.69. The van der Waals surface area contributed by atoms with Gasteiger partial charge in [0, 0.05) is 28.0 Å². The van der Waals surface area contributed by atoms with Crippen molar-refractivity contribution < 1.29 is 4.79 Å². The second kappa shape index (κ2) is 8.32. The summed E-state index contributed by atoms with van der Waals surface area (Å²) in [7, 11) is 0. The molecule has 2 atom stereocenters. The Hall–Kier alpha value is -1.83. The topological polar surface area (TPSA) is 53.2 Å². The van der Waals surface area contributed by atoms with Gasteiger partial charge >= 0.3 is 0 Å². The highest BCUT2D eigenvalue weighted by atomic mass is 35.5. The molecule has 0 saturated heterocycles. The normalized spacial score (nSPS) is 20.9. The number of carbonyl (C=O) groups excluding carboxylic acids is 1. The molecule has 1 aliphatic rings. The molecule has 0 saturated carbocycles. The van der Waals surface area contributed by atoms with Crippen molar-refractivity contribution in [3.05, 3.63) is 58.3 Å². The zero-order valence-electron chi connectivity index (χ0n) is 13.9. The zero-order valence-corrected chi connectivity index (χ0v) is 15.5. The lowest BCUT2D eigenvalue weighted by molar-refractivity contribution is -0.114. The number of Topliss-reactive ketones (excluding diaryl/α,β-unsaturated/α-hetero) is 1. The van der Waals surface area contributed by atoms with Crippen LogP contribution < -0.4 is 0 Å². The van der Waals surface area contributed by atoms with Gasteiger partial charge in [0.2, 0.25) is 0 Å². The minimum Gasteiger partial charge on any atom is -0.295 e. The first kappa shape index (κ1) is 18.5. The average Bonchev–Trinajstić information content (AvgIpc) is 2.54. The molecule has 0 fully saturated rings. The third kappa shape index (κ3) is 3.80. The van der Waals surface area contributed by atoms with Crippen molar-refractivity contribution in [2.24, 2.45) is 10.9 Å². The predicted molar refractivity (Wildman–Crippen MR) is 101 cm³/mol. The van der Waals surface area contributed by atoms with Gasteiger partial charge in [0.25, 0.3) is 0 Å². The van der Waals surface area contributed by atoms with Crippen molar-refractivity contribution in [3.63, 3.8) is 0 Å². The molecule has 1 unspecified atom stereocenters. The summed E-state index contributed by atoms with van der Waals surface area (Å²) >= 11 is 7.90. The Morgan fingerprint density at radius 3 is 2.75 bits per heavy atom. The molecule has 124 valence electrons. The van der Waals surface area contributed by atoms with Crippen LogP contribution in [0.15, 0.2) is 52.7 Å². The van der Waals surface area contributed by atoms with Crippen LogP contribution in [0.25, 0.3) is 0 Å². The Bertz CT molecular complexity index is 774. The van der Waals surface area contributed by atoms with Crippen molar-refractivity contribution in [1.29, 1.82) is 5.26 Å². The van der Waals surface area contributed by atoms with Crippen molar-refractivity contribution in [3.8, 4) is 6.07 Å².